The van der Waals surface area contributed by atoms with E-state index >= 15 is 0 Å². The van der Waals surface area contributed by atoms with Crippen LogP contribution in [0.25, 0.3) is 0 Å². The van der Waals surface area contributed by atoms with E-state index in [9.17, 15) is 18.0 Å². The van der Waals surface area contributed by atoms with Gasteiger partial charge < -0.3 is 10.2 Å². The molecule has 1 fully saturated rings. The number of carbonyl (C=O) groups excluding carboxylic acids is 1. The second kappa shape index (κ2) is 6.98. The van der Waals surface area contributed by atoms with Gasteiger partial charge in [-0.15, -0.1) is 0 Å². The molecule has 1 aliphatic carbocycles. The third-order valence-electron chi connectivity index (χ3n) is 3.99. The van der Waals surface area contributed by atoms with E-state index < -0.39 is 24.2 Å². The van der Waals surface area contributed by atoms with Crippen LogP contribution in [0.2, 0.25) is 0 Å². The van der Waals surface area contributed by atoms with Gasteiger partial charge in [0.15, 0.2) is 0 Å². The van der Waals surface area contributed by atoms with Crippen LogP contribution < -0.4 is 5.32 Å². The zero-order valence-corrected chi connectivity index (χ0v) is 12.4. The number of amides is 2. The van der Waals surface area contributed by atoms with Crippen LogP contribution in [-0.2, 0) is 6.54 Å². The molecular weight excluding hydrogens is 295 g/mol. The Morgan fingerprint density at radius 1 is 1.45 bits per heavy atom. The van der Waals surface area contributed by atoms with Crippen molar-refractivity contribution in [1.29, 1.82) is 0 Å². The molecule has 22 heavy (non-hydrogen) atoms. The summed E-state index contributed by atoms with van der Waals surface area (Å²) in [6.07, 6.45) is 1.37. The van der Waals surface area contributed by atoms with Crippen LogP contribution >= 0.6 is 0 Å². The zero-order chi connectivity index (χ0) is 16.2. The number of nitrogens with zero attached hydrogens (tertiary/aromatic N) is 2. The Labute approximate surface area is 127 Å². The number of halogens is 3. The van der Waals surface area contributed by atoms with Gasteiger partial charge in [-0.25, -0.2) is 4.79 Å². The van der Waals surface area contributed by atoms with Gasteiger partial charge in [0.05, 0.1) is 0 Å². The third kappa shape index (κ3) is 4.35. The number of urea groups is 1. The number of pyridine rings is 1. The monoisotopic (exact) mass is 315 g/mol. The molecule has 1 N–H and O–H groups in total. The summed E-state index contributed by atoms with van der Waals surface area (Å²) in [5, 5.41) is 2.16. The lowest BCUT2D eigenvalue weighted by atomic mass is 9.98. The number of hydrogen-bond donors (Lipinski definition) is 1. The van der Waals surface area contributed by atoms with Gasteiger partial charge in [-0.1, -0.05) is 18.9 Å². The van der Waals surface area contributed by atoms with Crippen molar-refractivity contribution >= 4 is 6.03 Å². The van der Waals surface area contributed by atoms with E-state index in [4.69, 9.17) is 0 Å². The molecule has 0 spiro atoms. The highest BCUT2D eigenvalue weighted by atomic mass is 19.4. The van der Waals surface area contributed by atoms with Gasteiger partial charge in [-0.05, 0) is 30.4 Å². The highest BCUT2D eigenvalue weighted by Gasteiger charge is 2.46. The molecule has 4 nitrogen and oxygen atoms in total. The van der Waals surface area contributed by atoms with Gasteiger partial charge >= 0.3 is 12.2 Å². The molecule has 1 atom stereocenters. The molecule has 1 saturated carbocycles. The number of rotatable bonds is 4. The number of nitrogens with one attached hydrogen (secondary N) is 1. The summed E-state index contributed by atoms with van der Waals surface area (Å²) < 4.78 is 39.5. The topological polar surface area (TPSA) is 45.2 Å². The molecule has 1 heterocycles. The van der Waals surface area contributed by atoms with Crippen molar-refractivity contribution in [2.45, 2.75) is 44.4 Å². The molecule has 0 aromatic carbocycles. The molecule has 2 amide bonds. The van der Waals surface area contributed by atoms with Crippen molar-refractivity contribution in [1.82, 2.24) is 15.2 Å². The van der Waals surface area contributed by atoms with E-state index in [-0.39, 0.29) is 6.54 Å². The Kier molecular flexibility index (Phi) is 5.26. The van der Waals surface area contributed by atoms with E-state index in [0.717, 1.165) is 18.4 Å². The third-order valence-corrected chi connectivity index (χ3v) is 3.99. The fourth-order valence-electron chi connectivity index (χ4n) is 2.84. The molecule has 1 unspecified atom stereocenters. The standard InChI is InChI=1S/C15H20F3N3O/c1-21(10-11-5-4-8-19-9-11)14(22)20-13(15(16,17)18)12-6-2-3-7-12/h4-5,8-9,12-13H,2-3,6-7,10H2,1H3,(H,20,22). The lowest BCUT2D eigenvalue weighted by Gasteiger charge is -2.29. The maximum absolute atomic E-state index is 13.2. The molecule has 1 aliphatic rings. The van der Waals surface area contributed by atoms with Crippen molar-refractivity contribution < 1.29 is 18.0 Å². The molecule has 0 saturated heterocycles. The minimum Gasteiger partial charge on any atom is -0.326 e. The summed E-state index contributed by atoms with van der Waals surface area (Å²) in [7, 11) is 1.48. The van der Waals surface area contributed by atoms with E-state index in [0.29, 0.717) is 12.8 Å². The second-order valence-electron chi connectivity index (χ2n) is 5.73. The first-order valence-electron chi connectivity index (χ1n) is 7.35. The van der Waals surface area contributed by atoms with Crippen LogP contribution in [0.5, 0.6) is 0 Å². The maximum atomic E-state index is 13.2. The van der Waals surface area contributed by atoms with Gasteiger partial charge in [0.2, 0.25) is 0 Å². The summed E-state index contributed by atoms with van der Waals surface area (Å²) in [5.74, 6) is -0.518. The number of aromatic nitrogens is 1. The minimum atomic E-state index is -4.42. The fraction of sp³-hybridized carbons (Fsp3) is 0.600. The Morgan fingerprint density at radius 2 is 2.14 bits per heavy atom. The van der Waals surface area contributed by atoms with Gasteiger partial charge in [0, 0.05) is 26.0 Å². The average molecular weight is 315 g/mol. The summed E-state index contributed by atoms with van der Waals surface area (Å²) >= 11 is 0. The van der Waals surface area contributed by atoms with Crippen LogP contribution in [0, 0.1) is 5.92 Å². The molecule has 0 bridgehead atoms. The lowest BCUT2D eigenvalue weighted by Crippen LogP contribution is -2.52. The number of carbonyl (C=O) groups is 1. The Morgan fingerprint density at radius 3 is 2.68 bits per heavy atom. The average Bonchev–Trinajstić information content (AvgIpc) is 2.98. The molecule has 2 rings (SSSR count). The van der Waals surface area contributed by atoms with Crippen LogP contribution in [0.15, 0.2) is 24.5 Å². The Bertz CT molecular complexity index is 487. The second-order valence-corrected chi connectivity index (χ2v) is 5.73. The smallest absolute Gasteiger partial charge is 0.326 e. The van der Waals surface area contributed by atoms with E-state index in [1.807, 2.05) is 0 Å². The predicted octanol–water partition coefficient (Wildman–Crippen LogP) is 3.34. The number of hydrogen-bond acceptors (Lipinski definition) is 2. The summed E-state index contributed by atoms with van der Waals surface area (Å²) in [6.45, 7) is 0.217. The van der Waals surface area contributed by atoms with Gasteiger partial charge in [-0.2, -0.15) is 13.2 Å². The van der Waals surface area contributed by atoms with Crippen molar-refractivity contribution in [3.63, 3.8) is 0 Å². The van der Waals surface area contributed by atoms with Crippen molar-refractivity contribution in [2.24, 2.45) is 5.92 Å². The lowest BCUT2D eigenvalue weighted by molar-refractivity contribution is -0.165. The highest BCUT2D eigenvalue weighted by Crippen LogP contribution is 2.35. The molecule has 1 aromatic rings. The fourth-order valence-corrected chi connectivity index (χ4v) is 2.84. The molecule has 1 aromatic heterocycles. The molecule has 0 radical (unpaired) electrons. The minimum absolute atomic E-state index is 0.217. The van der Waals surface area contributed by atoms with Crippen LogP contribution in [-0.4, -0.2) is 35.2 Å². The number of alkyl halides is 3. The summed E-state index contributed by atoms with van der Waals surface area (Å²) in [5.41, 5.74) is 0.768. The van der Waals surface area contributed by atoms with E-state index in [2.05, 4.69) is 10.3 Å². The zero-order valence-electron chi connectivity index (χ0n) is 12.4. The Hall–Kier alpha value is -1.79. The first kappa shape index (κ1) is 16.6. The molecular formula is C15H20F3N3O. The van der Waals surface area contributed by atoms with E-state index in [1.165, 1.54) is 11.9 Å². The van der Waals surface area contributed by atoms with Crippen molar-refractivity contribution in [3.8, 4) is 0 Å². The van der Waals surface area contributed by atoms with Crippen LogP contribution in [0.3, 0.4) is 0 Å². The van der Waals surface area contributed by atoms with Crippen molar-refractivity contribution in [3.05, 3.63) is 30.1 Å². The summed E-state index contributed by atoms with van der Waals surface area (Å²) in [6, 6.07) is 1.02. The molecule has 122 valence electrons. The summed E-state index contributed by atoms with van der Waals surface area (Å²) in [4.78, 5) is 17.2. The van der Waals surface area contributed by atoms with Gasteiger partial charge in [0.1, 0.15) is 6.04 Å². The normalized spacial score (nSPS) is 17.3. The van der Waals surface area contributed by atoms with Crippen LogP contribution in [0.1, 0.15) is 31.2 Å². The molecule has 0 aliphatic heterocycles. The Balaban J connectivity index is 1.98. The van der Waals surface area contributed by atoms with Crippen molar-refractivity contribution in [2.75, 3.05) is 7.05 Å². The van der Waals surface area contributed by atoms with Crippen LogP contribution in [0.4, 0.5) is 18.0 Å². The maximum Gasteiger partial charge on any atom is 0.408 e. The van der Waals surface area contributed by atoms with Gasteiger partial charge in [0.25, 0.3) is 0 Å². The SMILES string of the molecule is CN(Cc1cccnc1)C(=O)NC(C1CCCC1)C(F)(F)F. The van der Waals surface area contributed by atoms with E-state index in [1.54, 1.807) is 24.5 Å². The predicted molar refractivity (Wildman–Crippen MR) is 76.0 cm³/mol. The quantitative estimate of drug-likeness (QED) is 0.926. The highest BCUT2D eigenvalue weighted by molar-refractivity contribution is 5.74. The first-order valence-corrected chi connectivity index (χ1v) is 7.35. The molecule has 7 heteroatoms. The van der Waals surface area contributed by atoms with Gasteiger partial charge in [-0.3, -0.25) is 4.98 Å². The first-order chi connectivity index (χ1) is 10.4. The largest absolute Gasteiger partial charge is 0.408 e.